The van der Waals surface area contributed by atoms with Gasteiger partial charge in [0.2, 0.25) is 0 Å². The zero-order valence-corrected chi connectivity index (χ0v) is 11.1. The Labute approximate surface area is 110 Å². The van der Waals surface area contributed by atoms with E-state index >= 15 is 0 Å². The Morgan fingerprint density at radius 2 is 1.89 bits per heavy atom. The molecule has 0 atom stereocenters. The van der Waals surface area contributed by atoms with E-state index in [4.69, 9.17) is 12.2 Å². The molecular weight excluding hydrogens is 242 g/mol. The summed E-state index contributed by atoms with van der Waals surface area (Å²) in [7, 11) is 0. The van der Waals surface area contributed by atoms with Crippen LogP contribution in [0.1, 0.15) is 11.3 Å². The van der Waals surface area contributed by atoms with Crippen LogP contribution in [-0.4, -0.2) is 14.6 Å². The Hall–Kier alpha value is -1.94. The van der Waals surface area contributed by atoms with Crippen molar-refractivity contribution in [2.75, 3.05) is 0 Å². The molecule has 18 heavy (non-hydrogen) atoms. The minimum atomic E-state index is 0.635. The fraction of sp³-hybridized carbons (Fsp3) is 0.143. The minimum Gasteiger partial charge on any atom is -0.329 e. The highest BCUT2D eigenvalue weighted by atomic mass is 32.1. The van der Waals surface area contributed by atoms with Crippen molar-refractivity contribution in [2.24, 2.45) is 0 Å². The van der Waals surface area contributed by atoms with Crippen LogP contribution in [0.2, 0.25) is 0 Å². The van der Waals surface area contributed by atoms with Crippen molar-refractivity contribution < 1.29 is 0 Å². The van der Waals surface area contributed by atoms with E-state index in [-0.39, 0.29) is 0 Å². The highest BCUT2D eigenvalue weighted by Gasteiger charge is 2.11. The molecule has 0 bridgehead atoms. The number of nitrogens with zero attached hydrogens (tertiary/aromatic N) is 2. The summed E-state index contributed by atoms with van der Waals surface area (Å²) in [4.78, 5) is 3.25. The van der Waals surface area contributed by atoms with Crippen LogP contribution < -0.4 is 0 Å². The number of fused-ring (bicyclic) bond motifs is 1. The second kappa shape index (κ2) is 4.07. The molecule has 0 spiro atoms. The summed E-state index contributed by atoms with van der Waals surface area (Å²) in [5, 5.41) is 4.46. The molecule has 2 heterocycles. The Morgan fingerprint density at radius 3 is 2.61 bits per heavy atom. The van der Waals surface area contributed by atoms with Gasteiger partial charge in [-0.1, -0.05) is 30.3 Å². The van der Waals surface area contributed by atoms with Crippen LogP contribution in [0.25, 0.3) is 16.8 Å². The number of hydrogen-bond donors (Lipinski definition) is 1. The van der Waals surface area contributed by atoms with Gasteiger partial charge in [-0.3, -0.25) is 0 Å². The summed E-state index contributed by atoms with van der Waals surface area (Å²) in [6.07, 6.45) is 0. The lowest BCUT2D eigenvalue weighted by atomic mass is 10.1. The summed E-state index contributed by atoms with van der Waals surface area (Å²) in [5.41, 5.74) is 5.35. The van der Waals surface area contributed by atoms with Crippen LogP contribution >= 0.6 is 12.2 Å². The fourth-order valence-corrected chi connectivity index (χ4v) is 2.50. The highest BCUT2D eigenvalue weighted by molar-refractivity contribution is 7.71. The van der Waals surface area contributed by atoms with Gasteiger partial charge in [0.1, 0.15) is 0 Å². The SMILES string of the molecule is Cc1cc(C)c2c(-c3ccccc3)[nH]c(=S)n2n1. The average molecular weight is 255 g/mol. The lowest BCUT2D eigenvalue weighted by Crippen LogP contribution is -1.96. The first-order valence-electron chi connectivity index (χ1n) is 5.81. The molecule has 0 saturated carbocycles. The summed E-state index contributed by atoms with van der Waals surface area (Å²) in [5.74, 6) is 0. The van der Waals surface area contributed by atoms with Crippen LogP contribution in [0.3, 0.4) is 0 Å². The van der Waals surface area contributed by atoms with Crippen LogP contribution in [0, 0.1) is 18.6 Å². The average Bonchev–Trinajstić information content (AvgIpc) is 2.68. The van der Waals surface area contributed by atoms with E-state index in [2.05, 4.69) is 35.2 Å². The molecule has 0 aliphatic carbocycles. The number of nitrogens with one attached hydrogen (secondary N) is 1. The molecule has 4 heteroatoms. The molecule has 0 fully saturated rings. The number of aromatic amines is 1. The molecule has 2 aromatic heterocycles. The van der Waals surface area contributed by atoms with Gasteiger partial charge in [0.15, 0.2) is 4.77 Å². The largest absolute Gasteiger partial charge is 0.329 e. The molecule has 3 aromatic rings. The predicted molar refractivity (Wildman–Crippen MR) is 75.3 cm³/mol. The van der Waals surface area contributed by atoms with Gasteiger partial charge in [-0.15, -0.1) is 0 Å². The van der Waals surface area contributed by atoms with E-state index in [1.165, 1.54) is 5.56 Å². The molecule has 0 unspecified atom stereocenters. The van der Waals surface area contributed by atoms with E-state index in [1.807, 2.05) is 29.6 Å². The van der Waals surface area contributed by atoms with Crippen LogP contribution in [-0.2, 0) is 0 Å². The standard InChI is InChI=1S/C14H13N3S/c1-9-8-10(2)16-17-13(9)12(15-14(17)18)11-6-4-3-5-7-11/h3-8H,1-2H3,(H,15,18). The molecule has 0 aliphatic rings. The number of H-pyrrole nitrogens is 1. The van der Waals surface area contributed by atoms with Crippen molar-refractivity contribution in [3.8, 4) is 11.3 Å². The van der Waals surface area contributed by atoms with Crippen LogP contribution in [0.4, 0.5) is 0 Å². The molecular formula is C14H13N3S. The Kier molecular flexibility index (Phi) is 2.52. The summed E-state index contributed by atoms with van der Waals surface area (Å²) in [6.45, 7) is 4.06. The van der Waals surface area contributed by atoms with Crippen molar-refractivity contribution in [1.82, 2.24) is 14.6 Å². The summed E-state index contributed by atoms with van der Waals surface area (Å²) >= 11 is 5.34. The van der Waals surface area contributed by atoms with Gasteiger partial charge >= 0.3 is 0 Å². The van der Waals surface area contributed by atoms with Gasteiger partial charge in [0.25, 0.3) is 0 Å². The Bertz CT molecular complexity index is 769. The lowest BCUT2D eigenvalue weighted by Gasteiger charge is -2.03. The summed E-state index contributed by atoms with van der Waals surface area (Å²) in [6, 6.07) is 12.3. The first kappa shape index (κ1) is 11.2. The maximum atomic E-state index is 5.34. The van der Waals surface area contributed by atoms with Crippen LogP contribution in [0.15, 0.2) is 36.4 Å². The third-order valence-electron chi connectivity index (χ3n) is 2.99. The third kappa shape index (κ3) is 1.66. The second-order valence-electron chi connectivity index (χ2n) is 4.40. The zero-order chi connectivity index (χ0) is 12.7. The molecule has 1 N–H and O–H groups in total. The van der Waals surface area contributed by atoms with Crippen molar-refractivity contribution >= 4 is 17.7 Å². The molecule has 1 aromatic carbocycles. The normalized spacial score (nSPS) is 11.0. The van der Waals surface area contributed by atoms with Gasteiger partial charge in [0.05, 0.1) is 16.9 Å². The number of aromatic nitrogens is 3. The number of benzene rings is 1. The minimum absolute atomic E-state index is 0.635. The van der Waals surface area contributed by atoms with Gasteiger partial charge < -0.3 is 4.98 Å². The molecule has 0 radical (unpaired) electrons. The number of aryl methyl sites for hydroxylation is 2. The lowest BCUT2D eigenvalue weighted by molar-refractivity contribution is 0.874. The van der Waals surface area contributed by atoms with Gasteiger partial charge in [-0.25, -0.2) is 4.52 Å². The second-order valence-corrected chi connectivity index (χ2v) is 4.79. The van der Waals surface area contributed by atoms with Crippen LogP contribution in [0.5, 0.6) is 0 Å². The Balaban J connectivity index is 2.42. The number of hydrogen-bond acceptors (Lipinski definition) is 2. The van der Waals surface area contributed by atoms with Gasteiger partial charge in [-0.2, -0.15) is 5.10 Å². The maximum Gasteiger partial charge on any atom is 0.199 e. The number of rotatable bonds is 1. The first-order chi connectivity index (χ1) is 8.66. The van der Waals surface area contributed by atoms with Crippen molar-refractivity contribution in [1.29, 1.82) is 0 Å². The molecule has 0 amide bonds. The molecule has 0 aliphatic heterocycles. The molecule has 0 saturated heterocycles. The number of imidazole rings is 1. The molecule has 3 nitrogen and oxygen atoms in total. The third-order valence-corrected chi connectivity index (χ3v) is 3.27. The van der Waals surface area contributed by atoms with Crippen molar-refractivity contribution in [2.45, 2.75) is 13.8 Å². The monoisotopic (exact) mass is 255 g/mol. The predicted octanol–water partition coefficient (Wildman–Crippen LogP) is 3.68. The van der Waals surface area contributed by atoms with Gasteiger partial charge in [-0.05, 0) is 37.7 Å². The molecule has 3 rings (SSSR count). The van der Waals surface area contributed by atoms with E-state index < -0.39 is 0 Å². The van der Waals surface area contributed by atoms with E-state index in [1.54, 1.807) is 0 Å². The Morgan fingerprint density at radius 1 is 1.17 bits per heavy atom. The van der Waals surface area contributed by atoms with E-state index in [0.29, 0.717) is 4.77 Å². The summed E-state index contributed by atoms with van der Waals surface area (Å²) < 4.78 is 2.44. The maximum absolute atomic E-state index is 5.34. The molecule has 90 valence electrons. The smallest absolute Gasteiger partial charge is 0.199 e. The van der Waals surface area contributed by atoms with E-state index in [0.717, 1.165) is 22.5 Å². The van der Waals surface area contributed by atoms with Crippen molar-refractivity contribution in [3.63, 3.8) is 0 Å². The quantitative estimate of drug-likeness (QED) is 0.673. The highest BCUT2D eigenvalue weighted by Crippen LogP contribution is 2.25. The first-order valence-corrected chi connectivity index (χ1v) is 6.22. The fourth-order valence-electron chi connectivity index (χ4n) is 2.27. The van der Waals surface area contributed by atoms with Gasteiger partial charge in [0, 0.05) is 5.56 Å². The van der Waals surface area contributed by atoms with Crippen molar-refractivity contribution in [3.05, 3.63) is 52.4 Å². The topological polar surface area (TPSA) is 33.1 Å². The van der Waals surface area contributed by atoms with E-state index in [9.17, 15) is 0 Å². The zero-order valence-electron chi connectivity index (χ0n) is 10.3.